The molecule has 1 heterocycles. The van der Waals surface area contributed by atoms with Crippen molar-refractivity contribution >= 4 is 23.2 Å². The summed E-state index contributed by atoms with van der Waals surface area (Å²) < 4.78 is 0. The lowest BCUT2D eigenvalue weighted by molar-refractivity contribution is -0.862. The van der Waals surface area contributed by atoms with Crippen LogP contribution >= 0.6 is 11.3 Å². The molecule has 2 atom stereocenters. The molecule has 6 heteroatoms. The van der Waals surface area contributed by atoms with Crippen LogP contribution in [0.3, 0.4) is 0 Å². The van der Waals surface area contributed by atoms with Crippen molar-refractivity contribution in [1.29, 1.82) is 0 Å². The maximum atomic E-state index is 12.5. The third-order valence-electron chi connectivity index (χ3n) is 4.13. The second kappa shape index (κ2) is 8.27. The first kappa shape index (κ1) is 17.6. The zero-order valence-corrected chi connectivity index (χ0v) is 15.1. The van der Waals surface area contributed by atoms with Gasteiger partial charge in [0.15, 0.2) is 13.1 Å². The third-order valence-corrected chi connectivity index (χ3v) is 5.07. The summed E-state index contributed by atoms with van der Waals surface area (Å²) in [5, 5.41) is 8.08. The van der Waals surface area contributed by atoms with Crippen LogP contribution < -0.4 is 15.5 Å². The van der Waals surface area contributed by atoms with E-state index in [4.69, 9.17) is 0 Å². The monoisotopic (exact) mass is 358 g/mol. The maximum Gasteiger partial charge on any atom is 0.275 e. The van der Waals surface area contributed by atoms with Gasteiger partial charge in [0, 0.05) is 10.9 Å². The highest BCUT2D eigenvalue weighted by molar-refractivity contribution is 7.10. The largest absolute Gasteiger partial charge is 0.348 e. The van der Waals surface area contributed by atoms with Gasteiger partial charge < -0.3 is 15.5 Å². The van der Waals surface area contributed by atoms with E-state index in [1.165, 1.54) is 0 Å². The Labute approximate surface area is 152 Å². The molecule has 1 fully saturated rings. The fourth-order valence-electron chi connectivity index (χ4n) is 2.75. The number of likely N-dealkylation sites (N-methyl/N-ethyl adjacent to an activating group) is 1. The minimum absolute atomic E-state index is 0.0191. The highest BCUT2D eigenvalue weighted by Gasteiger charge is 2.25. The normalized spacial score (nSPS) is 16.0. The molecule has 2 aromatic rings. The molecule has 3 N–H and O–H groups in total. The van der Waals surface area contributed by atoms with Crippen molar-refractivity contribution in [1.82, 2.24) is 10.6 Å². The fourth-order valence-corrected chi connectivity index (χ4v) is 3.55. The van der Waals surface area contributed by atoms with E-state index in [0.717, 1.165) is 28.2 Å². The molecule has 0 radical (unpaired) electrons. The molecule has 2 amide bonds. The Balaban J connectivity index is 1.57. The van der Waals surface area contributed by atoms with Crippen molar-refractivity contribution in [2.24, 2.45) is 0 Å². The van der Waals surface area contributed by atoms with Crippen molar-refractivity contribution in [3.8, 4) is 0 Å². The molecular formula is C19H24N3O2S+. The van der Waals surface area contributed by atoms with Crippen LogP contribution in [0.4, 0.5) is 0 Å². The Morgan fingerprint density at radius 3 is 2.48 bits per heavy atom. The average Bonchev–Trinajstić information content (AvgIpc) is 3.23. The van der Waals surface area contributed by atoms with Crippen molar-refractivity contribution in [2.75, 3.05) is 20.1 Å². The number of benzene rings is 1. The number of hydrogen-bond donors (Lipinski definition) is 3. The summed E-state index contributed by atoms with van der Waals surface area (Å²) in [6.07, 6.45) is 2.15. The maximum absolute atomic E-state index is 12.5. The van der Waals surface area contributed by atoms with Gasteiger partial charge in [0.2, 0.25) is 0 Å². The van der Waals surface area contributed by atoms with Crippen LogP contribution in [0.1, 0.15) is 29.3 Å². The van der Waals surface area contributed by atoms with Crippen LogP contribution in [0, 0.1) is 0 Å². The van der Waals surface area contributed by atoms with Crippen LogP contribution in [0.5, 0.6) is 0 Å². The number of thiophene rings is 1. The van der Waals surface area contributed by atoms with E-state index in [-0.39, 0.29) is 24.4 Å². The molecule has 5 nitrogen and oxygen atoms in total. The number of hydrogen-bond acceptors (Lipinski definition) is 3. The number of carbonyl (C=O) groups excluding carboxylic acids is 2. The summed E-state index contributed by atoms with van der Waals surface area (Å²) in [4.78, 5) is 26.3. The molecule has 3 rings (SSSR count). The summed E-state index contributed by atoms with van der Waals surface area (Å²) in [6, 6.07) is 14.2. The molecule has 1 saturated carbocycles. The lowest BCUT2D eigenvalue weighted by Gasteiger charge is -2.19. The number of rotatable bonds is 8. The van der Waals surface area contributed by atoms with Gasteiger partial charge in [-0.2, -0.15) is 0 Å². The fraction of sp³-hybridized carbons (Fsp3) is 0.368. The first-order valence-electron chi connectivity index (χ1n) is 8.60. The second-order valence-corrected chi connectivity index (χ2v) is 7.56. The topological polar surface area (TPSA) is 62.6 Å². The summed E-state index contributed by atoms with van der Waals surface area (Å²) in [5.74, 6) is -0.0374. The number of quaternary nitrogens is 1. The number of carbonyl (C=O) groups is 2. The van der Waals surface area contributed by atoms with Gasteiger partial charge in [-0.15, -0.1) is 11.3 Å². The van der Waals surface area contributed by atoms with Crippen molar-refractivity contribution < 1.29 is 14.5 Å². The smallest absolute Gasteiger partial charge is 0.275 e. The van der Waals surface area contributed by atoms with Gasteiger partial charge >= 0.3 is 0 Å². The lowest BCUT2D eigenvalue weighted by atomic mass is 10.1. The van der Waals surface area contributed by atoms with E-state index in [0.29, 0.717) is 12.6 Å². The summed E-state index contributed by atoms with van der Waals surface area (Å²) in [7, 11) is 1.87. The van der Waals surface area contributed by atoms with Gasteiger partial charge in [-0.3, -0.25) is 9.59 Å². The van der Waals surface area contributed by atoms with Crippen LogP contribution in [-0.4, -0.2) is 38.0 Å². The van der Waals surface area contributed by atoms with Gasteiger partial charge in [-0.1, -0.05) is 36.4 Å². The molecule has 1 aromatic heterocycles. The summed E-state index contributed by atoms with van der Waals surface area (Å²) >= 11 is 1.63. The highest BCUT2D eigenvalue weighted by Crippen LogP contribution is 2.25. The first-order chi connectivity index (χ1) is 12.1. The van der Waals surface area contributed by atoms with E-state index < -0.39 is 0 Å². The Morgan fingerprint density at radius 1 is 1.12 bits per heavy atom. The zero-order valence-electron chi connectivity index (χ0n) is 14.3. The highest BCUT2D eigenvalue weighted by atomic mass is 32.1. The predicted molar refractivity (Wildman–Crippen MR) is 98.5 cm³/mol. The van der Waals surface area contributed by atoms with Crippen molar-refractivity contribution in [2.45, 2.75) is 24.9 Å². The molecule has 1 aliphatic rings. The Bertz CT molecular complexity index is 699. The molecule has 132 valence electrons. The molecule has 0 bridgehead atoms. The number of amides is 2. The Morgan fingerprint density at radius 2 is 1.84 bits per heavy atom. The van der Waals surface area contributed by atoms with Gasteiger partial charge in [0.1, 0.15) is 0 Å². The first-order valence-corrected chi connectivity index (χ1v) is 9.48. The average molecular weight is 358 g/mol. The van der Waals surface area contributed by atoms with Gasteiger partial charge in [0.25, 0.3) is 11.8 Å². The zero-order chi connectivity index (χ0) is 17.6. The number of nitrogens with one attached hydrogen (secondary N) is 3. The minimum Gasteiger partial charge on any atom is -0.348 e. The summed E-state index contributed by atoms with van der Waals surface area (Å²) in [6.45, 7) is 0.589. The Hall–Kier alpha value is -2.18. The molecule has 0 aliphatic heterocycles. The van der Waals surface area contributed by atoms with Crippen LogP contribution in [-0.2, 0) is 9.59 Å². The van der Waals surface area contributed by atoms with E-state index in [9.17, 15) is 9.59 Å². The van der Waals surface area contributed by atoms with E-state index >= 15 is 0 Å². The minimum atomic E-state index is -0.151. The van der Waals surface area contributed by atoms with E-state index in [1.807, 2.05) is 54.9 Å². The van der Waals surface area contributed by atoms with Crippen molar-refractivity contribution in [3.05, 3.63) is 58.3 Å². The quantitative estimate of drug-likeness (QED) is 0.652. The molecule has 25 heavy (non-hydrogen) atoms. The van der Waals surface area contributed by atoms with E-state index in [1.54, 1.807) is 11.3 Å². The standard InChI is InChI=1S/C19H23N3O2S/c1-22(12-17(23)20-15-9-10-15)13-18(24)21-19(16-8-5-11-25-16)14-6-3-2-4-7-14/h2-8,11,15,19H,9-10,12-13H2,1H3,(H,20,23)(H,21,24)/p+1/t19-/m0/s1. The molecule has 1 unspecified atom stereocenters. The van der Waals surface area contributed by atoms with Crippen LogP contribution in [0.2, 0.25) is 0 Å². The van der Waals surface area contributed by atoms with Gasteiger partial charge in [0.05, 0.1) is 13.1 Å². The second-order valence-electron chi connectivity index (χ2n) is 6.58. The van der Waals surface area contributed by atoms with E-state index in [2.05, 4.69) is 10.6 Å². The predicted octanol–water partition coefficient (Wildman–Crippen LogP) is 0.747. The molecule has 1 aliphatic carbocycles. The van der Waals surface area contributed by atoms with Gasteiger partial charge in [-0.25, -0.2) is 0 Å². The van der Waals surface area contributed by atoms with Crippen molar-refractivity contribution in [3.63, 3.8) is 0 Å². The molecule has 0 spiro atoms. The Kier molecular flexibility index (Phi) is 5.83. The lowest BCUT2D eigenvalue weighted by Crippen LogP contribution is -3.11. The summed E-state index contributed by atoms with van der Waals surface area (Å²) in [5.41, 5.74) is 1.06. The SMILES string of the molecule is C[NH+](CC(=O)NC1CC1)CC(=O)N[C@@H](c1ccccc1)c1cccs1. The van der Waals surface area contributed by atoms with Crippen LogP contribution in [0.25, 0.3) is 0 Å². The molecular weight excluding hydrogens is 334 g/mol. The van der Waals surface area contributed by atoms with Gasteiger partial charge in [-0.05, 0) is 29.9 Å². The third kappa shape index (κ3) is 5.41. The van der Waals surface area contributed by atoms with Crippen LogP contribution in [0.15, 0.2) is 47.8 Å². The molecule has 0 saturated heterocycles. The molecule has 1 aromatic carbocycles.